The minimum Gasteiger partial charge on any atom is -0.305 e. The minimum atomic E-state index is 0.215. The van der Waals surface area contributed by atoms with E-state index in [1.165, 1.54) is 23.2 Å². The van der Waals surface area contributed by atoms with Crippen molar-refractivity contribution < 1.29 is 0 Å². The number of aromatic nitrogens is 2. The van der Waals surface area contributed by atoms with Crippen LogP contribution >= 0.6 is 0 Å². The summed E-state index contributed by atoms with van der Waals surface area (Å²) in [5.41, 5.74) is 5.06. The van der Waals surface area contributed by atoms with Crippen molar-refractivity contribution in [3.05, 3.63) is 52.8 Å². The molecular formula is C18H27N3. The molecule has 0 radical (unpaired) electrons. The molecule has 0 aliphatic carbocycles. The van der Waals surface area contributed by atoms with Crippen molar-refractivity contribution in [2.24, 2.45) is 0 Å². The lowest BCUT2D eigenvalue weighted by Crippen LogP contribution is -2.24. The van der Waals surface area contributed by atoms with Crippen molar-refractivity contribution in [2.45, 2.75) is 53.1 Å². The smallest absolute Gasteiger partial charge is 0.0748 e. The number of aryl methyl sites for hydroxylation is 3. The maximum absolute atomic E-state index is 4.58. The Kier molecular flexibility index (Phi) is 5.57. The lowest BCUT2D eigenvalue weighted by molar-refractivity contribution is 0.541. The zero-order valence-electron chi connectivity index (χ0n) is 13.7. The second kappa shape index (κ2) is 7.41. The summed E-state index contributed by atoms with van der Waals surface area (Å²) >= 11 is 0. The van der Waals surface area contributed by atoms with E-state index in [-0.39, 0.29) is 6.04 Å². The second-order valence-electron chi connectivity index (χ2n) is 5.51. The van der Waals surface area contributed by atoms with Gasteiger partial charge in [-0.15, -0.1) is 0 Å². The van der Waals surface area contributed by atoms with Gasteiger partial charge in [-0.1, -0.05) is 44.5 Å². The van der Waals surface area contributed by atoms with Crippen molar-refractivity contribution in [1.29, 1.82) is 0 Å². The first-order valence-electron chi connectivity index (χ1n) is 8.06. The quantitative estimate of drug-likeness (QED) is 0.837. The number of benzene rings is 1. The standard InChI is InChI=1S/C18H27N3/c1-5-8-15-9-11-16(12-10-15)18(19-6-2)17-13-14(4)20-21(17)7-3/h9-13,18-19H,5-8H2,1-4H3. The molecule has 3 heteroatoms. The van der Waals surface area contributed by atoms with E-state index in [0.717, 1.165) is 25.2 Å². The average Bonchev–Trinajstić information content (AvgIpc) is 2.87. The first kappa shape index (κ1) is 15.8. The van der Waals surface area contributed by atoms with Gasteiger partial charge in [0.15, 0.2) is 0 Å². The zero-order chi connectivity index (χ0) is 15.2. The fourth-order valence-electron chi connectivity index (χ4n) is 2.81. The van der Waals surface area contributed by atoms with Crippen molar-refractivity contribution in [2.75, 3.05) is 6.54 Å². The Labute approximate surface area is 128 Å². The average molecular weight is 285 g/mol. The molecule has 114 valence electrons. The van der Waals surface area contributed by atoms with Gasteiger partial charge >= 0.3 is 0 Å². The van der Waals surface area contributed by atoms with Gasteiger partial charge in [0.25, 0.3) is 0 Å². The number of nitrogens with zero attached hydrogens (tertiary/aromatic N) is 2. The van der Waals surface area contributed by atoms with Crippen LogP contribution < -0.4 is 5.32 Å². The third kappa shape index (κ3) is 3.73. The first-order valence-corrected chi connectivity index (χ1v) is 8.06. The number of rotatable bonds is 7. The van der Waals surface area contributed by atoms with Gasteiger partial charge in [0.1, 0.15) is 0 Å². The summed E-state index contributed by atoms with van der Waals surface area (Å²) in [6, 6.07) is 11.4. The van der Waals surface area contributed by atoms with Crippen LogP contribution in [0.25, 0.3) is 0 Å². The lowest BCUT2D eigenvalue weighted by atomic mass is 10.00. The highest BCUT2D eigenvalue weighted by molar-refractivity contribution is 5.31. The Morgan fingerprint density at radius 3 is 2.43 bits per heavy atom. The highest BCUT2D eigenvalue weighted by Gasteiger charge is 2.18. The van der Waals surface area contributed by atoms with Crippen molar-refractivity contribution >= 4 is 0 Å². The molecule has 0 saturated carbocycles. The third-order valence-corrected chi connectivity index (χ3v) is 3.79. The van der Waals surface area contributed by atoms with Gasteiger partial charge < -0.3 is 5.32 Å². The zero-order valence-corrected chi connectivity index (χ0v) is 13.7. The van der Waals surface area contributed by atoms with E-state index in [0.29, 0.717) is 0 Å². The van der Waals surface area contributed by atoms with Gasteiger partial charge in [0.2, 0.25) is 0 Å². The maximum Gasteiger partial charge on any atom is 0.0748 e. The van der Waals surface area contributed by atoms with Crippen molar-refractivity contribution in [3.63, 3.8) is 0 Å². The van der Waals surface area contributed by atoms with Gasteiger partial charge in [-0.2, -0.15) is 5.10 Å². The van der Waals surface area contributed by atoms with Crippen LogP contribution in [0.2, 0.25) is 0 Å². The number of hydrogen-bond acceptors (Lipinski definition) is 2. The molecule has 2 aromatic rings. The number of hydrogen-bond donors (Lipinski definition) is 1. The van der Waals surface area contributed by atoms with E-state index in [1.807, 2.05) is 0 Å². The predicted molar refractivity (Wildman–Crippen MR) is 88.6 cm³/mol. The Morgan fingerprint density at radius 2 is 1.86 bits per heavy atom. The van der Waals surface area contributed by atoms with Crippen LogP contribution in [0.1, 0.15) is 55.7 Å². The SMILES string of the molecule is CCCc1ccc(C(NCC)c2cc(C)nn2CC)cc1. The third-order valence-electron chi connectivity index (χ3n) is 3.79. The van der Waals surface area contributed by atoms with Gasteiger partial charge in [0.05, 0.1) is 17.4 Å². The summed E-state index contributed by atoms with van der Waals surface area (Å²) in [4.78, 5) is 0. The molecular weight excluding hydrogens is 258 g/mol. The molecule has 21 heavy (non-hydrogen) atoms. The molecule has 1 atom stereocenters. The molecule has 0 aliphatic heterocycles. The molecule has 2 rings (SSSR count). The van der Waals surface area contributed by atoms with E-state index < -0.39 is 0 Å². The number of nitrogens with one attached hydrogen (secondary N) is 1. The summed E-state index contributed by atoms with van der Waals surface area (Å²) < 4.78 is 2.10. The Bertz CT molecular complexity index is 554. The molecule has 0 spiro atoms. The molecule has 0 amide bonds. The minimum absolute atomic E-state index is 0.215. The van der Waals surface area contributed by atoms with Crippen LogP contribution in [0.15, 0.2) is 30.3 Å². The first-order chi connectivity index (χ1) is 10.2. The summed E-state index contributed by atoms with van der Waals surface area (Å²) in [6.07, 6.45) is 2.34. The van der Waals surface area contributed by atoms with Crippen molar-refractivity contribution in [3.8, 4) is 0 Å². The summed E-state index contributed by atoms with van der Waals surface area (Å²) in [5.74, 6) is 0. The topological polar surface area (TPSA) is 29.9 Å². The second-order valence-corrected chi connectivity index (χ2v) is 5.51. The fourth-order valence-corrected chi connectivity index (χ4v) is 2.81. The molecule has 1 unspecified atom stereocenters. The molecule has 1 aromatic carbocycles. The monoisotopic (exact) mass is 285 g/mol. The van der Waals surface area contributed by atoms with Crippen LogP contribution in [-0.2, 0) is 13.0 Å². The molecule has 0 aliphatic rings. The molecule has 0 saturated heterocycles. The van der Waals surface area contributed by atoms with Crippen LogP contribution in [0.5, 0.6) is 0 Å². The fraction of sp³-hybridized carbons (Fsp3) is 0.500. The highest BCUT2D eigenvalue weighted by Crippen LogP contribution is 2.23. The van der Waals surface area contributed by atoms with E-state index in [1.54, 1.807) is 0 Å². The van der Waals surface area contributed by atoms with Gasteiger partial charge in [-0.25, -0.2) is 0 Å². The Hall–Kier alpha value is -1.61. The summed E-state index contributed by atoms with van der Waals surface area (Å²) in [6.45, 7) is 10.4. The molecule has 1 heterocycles. The van der Waals surface area contributed by atoms with Crippen LogP contribution in [0.3, 0.4) is 0 Å². The van der Waals surface area contributed by atoms with Crippen LogP contribution in [0, 0.1) is 6.92 Å². The van der Waals surface area contributed by atoms with Crippen molar-refractivity contribution in [1.82, 2.24) is 15.1 Å². The highest BCUT2D eigenvalue weighted by atomic mass is 15.3. The van der Waals surface area contributed by atoms with E-state index in [4.69, 9.17) is 0 Å². The lowest BCUT2D eigenvalue weighted by Gasteiger charge is -2.20. The van der Waals surface area contributed by atoms with Gasteiger partial charge in [-0.3, -0.25) is 4.68 Å². The van der Waals surface area contributed by atoms with Gasteiger partial charge in [0, 0.05) is 6.54 Å². The van der Waals surface area contributed by atoms with Crippen LogP contribution in [0.4, 0.5) is 0 Å². The molecule has 1 N–H and O–H groups in total. The largest absolute Gasteiger partial charge is 0.305 e. The van der Waals surface area contributed by atoms with E-state index in [2.05, 4.69) is 73.1 Å². The van der Waals surface area contributed by atoms with E-state index in [9.17, 15) is 0 Å². The Balaban J connectivity index is 2.33. The molecule has 3 nitrogen and oxygen atoms in total. The predicted octanol–water partition coefficient (Wildman–Crippen LogP) is 3.86. The Morgan fingerprint density at radius 1 is 1.14 bits per heavy atom. The molecule has 0 bridgehead atoms. The summed E-state index contributed by atoms with van der Waals surface area (Å²) in [5, 5.41) is 8.18. The summed E-state index contributed by atoms with van der Waals surface area (Å²) in [7, 11) is 0. The molecule has 0 fully saturated rings. The normalized spacial score (nSPS) is 12.6. The van der Waals surface area contributed by atoms with Crippen LogP contribution in [-0.4, -0.2) is 16.3 Å². The molecule has 1 aromatic heterocycles. The van der Waals surface area contributed by atoms with Gasteiger partial charge in [-0.05, 0) is 44.0 Å². The van der Waals surface area contributed by atoms with E-state index >= 15 is 0 Å². The maximum atomic E-state index is 4.58.